The van der Waals surface area contributed by atoms with Gasteiger partial charge >= 0.3 is 5.97 Å². The van der Waals surface area contributed by atoms with E-state index in [1.54, 1.807) is 30.3 Å². The first-order valence-electron chi connectivity index (χ1n) is 10.4. The zero-order chi connectivity index (χ0) is 22.0. The lowest BCUT2D eigenvalue weighted by Crippen LogP contribution is -2.37. The number of rotatable bonds is 7. The van der Waals surface area contributed by atoms with E-state index in [-0.39, 0.29) is 23.5 Å². The molecule has 2 aliphatic rings. The van der Waals surface area contributed by atoms with Crippen LogP contribution in [-0.4, -0.2) is 31.4 Å². The minimum absolute atomic E-state index is 0.0112. The van der Waals surface area contributed by atoms with Crippen molar-refractivity contribution in [1.29, 1.82) is 0 Å². The number of methoxy groups -OCH3 is 1. The van der Waals surface area contributed by atoms with E-state index in [4.69, 9.17) is 21.1 Å². The molecule has 0 heterocycles. The van der Waals surface area contributed by atoms with Crippen molar-refractivity contribution in [2.45, 2.75) is 19.3 Å². The second-order valence-electron chi connectivity index (χ2n) is 8.12. The number of halogens is 1. The van der Waals surface area contributed by atoms with Gasteiger partial charge < -0.3 is 14.8 Å². The summed E-state index contributed by atoms with van der Waals surface area (Å²) in [7, 11) is 1.48. The highest BCUT2D eigenvalue weighted by atomic mass is 35.5. The first kappa shape index (κ1) is 21.4. The molecule has 4 atom stereocenters. The van der Waals surface area contributed by atoms with Crippen molar-refractivity contribution < 1.29 is 23.9 Å². The number of nitrogens with one attached hydrogen (secondary N) is 1. The maximum Gasteiger partial charge on any atom is 0.310 e. The molecule has 31 heavy (non-hydrogen) atoms. The number of esters is 1. The van der Waals surface area contributed by atoms with Crippen molar-refractivity contribution in [3.8, 4) is 5.75 Å². The van der Waals surface area contributed by atoms with Gasteiger partial charge in [0.15, 0.2) is 12.4 Å². The Labute approximate surface area is 185 Å². The summed E-state index contributed by atoms with van der Waals surface area (Å²) in [4.78, 5) is 38.4. The Kier molecular flexibility index (Phi) is 6.28. The number of carbonyl (C=O) groups excluding carboxylic acids is 3. The number of anilines is 1. The number of benzene rings is 2. The van der Waals surface area contributed by atoms with Crippen LogP contribution in [0.25, 0.3) is 0 Å². The summed E-state index contributed by atoms with van der Waals surface area (Å²) in [6.45, 7) is -0.436. The molecule has 2 saturated carbocycles. The molecule has 4 rings (SSSR count). The molecule has 0 spiro atoms. The predicted octanol–water partition coefficient (Wildman–Crippen LogP) is 4.38. The van der Waals surface area contributed by atoms with Crippen molar-refractivity contribution >= 4 is 34.9 Å². The highest BCUT2D eigenvalue weighted by Crippen LogP contribution is 2.53. The molecule has 0 aliphatic heterocycles. The summed E-state index contributed by atoms with van der Waals surface area (Å²) in [6, 6.07) is 13.9. The monoisotopic (exact) mass is 441 g/mol. The van der Waals surface area contributed by atoms with Crippen LogP contribution in [-0.2, 0) is 14.3 Å². The maximum atomic E-state index is 13.1. The van der Waals surface area contributed by atoms with E-state index < -0.39 is 24.4 Å². The number of hydrogen-bond acceptors (Lipinski definition) is 5. The molecule has 0 saturated heterocycles. The van der Waals surface area contributed by atoms with E-state index in [0.717, 1.165) is 19.3 Å². The van der Waals surface area contributed by atoms with E-state index in [9.17, 15) is 14.4 Å². The molecular weight excluding hydrogens is 418 g/mol. The summed E-state index contributed by atoms with van der Waals surface area (Å²) in [5.41, 5.74) is 1.01. The van der Waals surface area contributed by atoms with Crippen LogP contribution in [0.3, 0.4) is 0 Å². The lowest BCUT2D eigenvalue weighted by Gasteiger charge is -2.28. The average Bonchev–Trinajstić information content (AvgIpc) is 3.39. The number of Topliss-reactive ketones (excluding diaryl/α,β-unsaturated/α-hetero) is 1. The van der Waals surface area contributed by atoms with Crippen molar-refractivity contribution in [3.05, 3.63) is 59.1 Å². The first-order valence-corrected chi connectivity index (χ1v) is 10.7. The average molecular weight is 442 g/mol. The van der Waals surface area contributed by atoms with Crippen LogP contribution in [0.15, 0.2) is 48.5 Å². The molecular formula is C24H24ClNO5. The number of carbonyl (C=O) groups is 3. The highest BCUT2D eigenvalue weighted by Gasteiger charge is 2.54. The SMILES string of the molecule is COc1ccc(Cl)cc1NC(=O)COC(=O)[C@H]1[C@H]2CC[C@@H](C2)[C@H]1C(=O)c1ccccc1. The molecule has 6 nitrogen and oxygen atoms in total. The molecule has 2 bridgehead atoms. The molecule has 2 aromatic carbocycles. The molecule has 7 heteroatoms. The van der Waals surface area contributed by atoms with E-state index >= 15 is 0 Å². The molecule has 162 valence electrons. The Morgan fingerprint density at radius 2 is 1.74 bits per heavy atom. The second kappa shape index (κ2) is 9.10. The minimum atomic E-state index is -0.500. The normalized spacial score (nSPS) is 23.9. The summed E-state index contributed by atoms with van der Waals surface area (Å²) in [6.07, 6.45) is 2.72. The van der Waals surface area contributed by atoms with Crippen LogP contribution >= 0.6 is 11.6 Å². The van der Waals surface area contributed by atoms with Gasteiger partial charge in [-0.05, 0) is 49.3 Å². The summed E-state index contributed by atoms with van der Waals surface area (Å²) >= 11 is 5.98. The number of ether oxygens (including phenoxy) is 2. The van der Waals surface area contributed by atoms with Crippen molar-refractivity contribution in [1.82, 2.24) is 0 Å². The first-order chi connectivity index (χ1) is 15.0. The van der Waals surface area contributed by atoms with E-state index in [1.165, 1.54) is 7.11 Å². The lowest BCUT2D eigenvalue weighted by molar-refractivity contribution is -0.154. The molecule has 0 radical (unpaired) electrons. The van der Waals surface area contributed by atoms with Crippen LogP contribution in [0.5, 0.6) is 5.75 Å². The lowest BCUT2D eigenvalue weighted by atomic mass is 9.75. The van der Waals surface area contributed by atoms with Crippen LogP contribution in [0.2, 0.25) is 5.02 Å². The van der Waals surface area contributed by atoms with Crippen LogP contribution in [0.4, 0.5) is 5.69 Å². The fourth-order valence-corrected chi connectivity index (χ4v) is 5.17. The van der Waals surface area contributed by atoms with Gasteiger partial charge in [0.1, 0.15) is 5.75 Å². The topological polar surface area (TPSA) is 81.7 Å². The predicted molar refractivity (Wildman–Crippen MR) is 116 cm³/mol. The zero-order valence-corrected chi connectivity index (χ0v) is 17.9. The Balaban J connectivity index is 1.41. The van der Waals surface area contributed by atoms with E-state index in [0.29, 0.717) is 22.0 Å². The smallest absolute Gasteiger partial charge is 0.310 e. The molecule has 2 fully saturated rings. The molecule has 0 unspecified atom stereocenters. The van der Waals surface area contributed by atoms with Gasteiger partial charge in [0.05, 0.1) is 18.7 Å². The fourth-order valence-electron chi connectivity index (χ4n) is 5.00. The summed E-state index contributed by atoms with van der Waals surface area (Å²) in [5, 5.41) is 3.09. The van der Waals surface area contributed by atoms with Gasteiger partial charge in [-0.25, -0.2) is 0 Å². The third kappa shape index (κ3) is 4.44. The van der Waals surface area contributed by atoms with Gasteiger partial charge in [0, 0.05) is 16.5 Å². The van der Waals surface area contributed by atoms with Crippen LogP contribution < -0.4 is 10.1 Å². The van der Waals surface area contributed by atoms with Gasteiger partial charge in [-0.3, -0.25) is 14.4 Å². The standard InChI is InChI=1S/C24H24ClNO5/c1-30-19-10-9-17(25)12-18(19)26-20(27)13-31-24(29)22-16-8-7-15(11-16)21(22)23(28)14-5-3-2-4-6-14/h2-6,9-10,12,15-16,21-22H,7-8,11,13H2,1H3,(H,26,27)/t15-,16-,21+,22-/m0/s1. The second-order valence-corrected chi connectivity index (χ2v) is 8.55. The van der Waals surface area contributed by atoms with E-state index in [1.807, 2.05) is 18.2 Å². The Bertz CT molecular complexity index is 993. The van der Waals surface area contributed by atoms with Crippen molar-refractivity contribution in [2.75, 3.05) is 19.0 Å². The summed E-state index contributed by atoms with van der Waals surface area (Å²) in [5.74, 6) is -1.10. The fraction of sp³-hybridized carbons (Fsp3) is 0.375. The molecule has 2 aliphatic carbocycles. The third-order valence-electron chi connectivity index (χ3n) is 6.33. The number of fused-ring (bicyclic) bond motifs is 2. The zero-order valence-electron chi connectivity index (χ0n) is 17.2. The summed E-state index contributed by atoms with van der Waals surface area (Å²) < 4.78 is 10.6. The molecule has 1 amide bonds. The largest absolute Gasteiger partial charge is 0.495 e. The maximum absolute atomic E-state index is 13.1. The number of ketones is 1. The van der Waals surface area contributed by atoms with Gasteiger partial charge in [-0.15, -0.1) is 0 Å². The third-order valence-corrected chi connectivity index (χ3v) is 6.57. The highest BCUT2D eigenvalue weighted by molar-refractivity contribution is 6.31. The van der Waals surface area contributed by atoms with Crippen LogP contribution in [0.1, 0.15) is 29.6 Å². The molecule has 0 aromatic heterocycles. The Morgan fingerprint density at radius 3 is 2.45 bits per heavy atom. The van der Waals surface area contributed by atoms with Gasteiger partial charge in [-0.1, -0.05) is 41.9 Å². The van der Waals surface area contributed by atoms with Crippen LogP contribution in [0, 0.1) is 23.7 Å². The molecule has 2 aromatic rings. The van der Waals surface area contributed by atoms with Crippen molar-refractivity contribution in [2.24, 2.45) is 23.7 Å². The van der Waals surface area contributed by atoms with E-state index in [2.05, 4.69) is 5.32 Å². The van der Waals surface area contributed by atoms with Gasteiger partial charge in [0.2, 0.25) is 0 Å². The van der Waals surface area contributed by atoms with Gasteiger partial charge in [0.25, 0.3) is 5.91 Å². The Morgan fingerprint density at radius 1 is 1.03 bits per heavy atom. The Hall–Kier alpha value is -2.86. The van der Waals surface area contributed by atoms with Crippen molar-refractivity contribution in [3.63, 3.8) is 0 Å². The number of amides is 1. The quantitative estimate of drug-likeness (QED) is 0.509. The number of hydrogen-bond donors (Lipinski definition) is 1. The minimum Gasteiger partial charge on any atom is -0.495 e. The van der Waals surface area contributed by atoms with Gasteiger partial charge in [-0.2, -0.15) is 0 Å². The molecule has 1 N–H and O–H groups in total.